The third kappa shape index (κ3) is 5.42. The molecule has 21 heavy (non-hydrogen) atoms. The number of benzene rings is 1. The summed E-state index contributed by atoms with van der Waals surface area (Å²) in [6.07, 6.45) is -6.28. The van der Waals surface area contributed by atoms with Crippen molar-refractivity contribution in [2.24, 2.45) is 0 Å². The Kier molecular flexibility index (Phi) is 5.71. The van der Waals surface area contributed by atoms with Gasteiger partial charge in [0.1, 0.15) is 0 Å². The highest BCUT2D eigenvalue weighted by Crippen LogP contribution is 2.15. The van der Waals surface area contributed by atoms with Gasteiger partial charge < -0.3 is 15.2 Å². The molecule has 0 bridgehead atoms. The third-order valence-corrected chi connectivity index (χ3v) is 2.64. The van der Waals surface area contributed by atoms with Gasteiger partial charge in [-0.25, -0.2) is 4.79 Å². The summed E-state index contributed by atoms with van der Waals surface area (Å²) >= 11 is 0. The summed E-state index contributed by atoms with van der Waals surface area (Å²) in [7, 11) is 0. The van der Waals surface area contributed by atoms with E-state index in [1.807, 2.05) is 0 Å². The lowest BCUT2D eigenvalue weighted by Gasteiger charge is -2.22. The van der Waals surface area contributed by atoms with Gasteiger partial charge in [0.2, 0.25) is 0 Å². The number of nitrogens with one attached hydrogen (secondary N) is 1. The lowest BCUT2D eigenvalue weighted by atomic mass is 10.1. The molecule has 1 rings (SSSR count). The zero-order chi connectivity index (χ0) is 16.0. The summed E-state index contributed by atoms with van der Waals surface area (Å²) in [5.41, 5.74) is 0.732. The average molecular weight is 305 g/mol. The van der Waals surface area contributed by atoms with Gasteiger partial charge >= 0.3 is 18.1 Å². The van der Waals surface area contributed by atoms with E-state index in [9.17, 15) is 22.8 Å². The fraction of sp³-hybridized carbons (Fsp3) is 0.385. The van der Waals surface area contributed by atoms with Crippen molar-refractivity contribution in [3.8, 4) is 0 Å². The van der Waals surface area contributed by atoms with Crippen molar-refractivity contribution in [3.63, 3.8) is 0 Å². The smallest absolute Gasteiger partial charge is 0.471 e. The topological polar surface area (TPSA) is 75.6 Å². The number of halogens is 3. The predicted molar refractivity (Wildman–Crippen MR) is 66.3 cm³/mol. The molecule has 0 heterocycles. The molecule has 0 saturated carbocycles. The second kappa shape index (κ2) is 7.07. The number of amides is 1. The minimum absolute atomic E-state index is 0.0215. The lowest BCUT2D eigenvalue weighted by molar-refractivity contribution is -0.177. The average Bonchev–Trinajstić information content (AvgIpc) is 2.41. The van der Waals surface area contributed by atoms with Crippen molar-refractivity contribution in [2.45, 2.75) is 31.9 Å². The lowest BCUT2D eigenvalue weighted by Crippen LogP contribution is -2.52. The molecule has 0 aliphatic heterocycles. The first-order valence-electron chi connectivity index (χ1n) is 5.98. The number of carboxylic acid groups (broad SMARTS) is 1. The molecule has 0 spiro atoms. The van der Waals surface area contributed by atoms with Crippen molar-refractivity contribution >= 4 is 11.9 Å². The number of hydrogen-bond acceptors (Lipinski definition) is 3. The molecule has 0 aromatic heterocycles. The number of rotatable bonds is 6. The number of alkyl halides is 3. The molecule has 1 amide bonds. The van der Waals surface area contributed by atoms with Gasteiger partial charge in [0.15, 0.2) is 6.04 Å². The van der Waals surface area contributed by atoms with Crippen molar-refractivity contribution in [1.29, 1.82) is 0 Å². The second-order valence-electron chi connectivity index (χ2n) is 4.29. The van der Waals surface area contributed by atoms with Gasteiger partial charge in [-0.1, -0.05) is 30.3 Å². The molecule has 0 saturated heterocycles. The maximum absolute atomic E-state index is 12.1. The summed E-state index contributed by atoms with van der Waals surface area (Å²) in [6.45, 7) is 1.30. The van der Waals surface area contributed by atoms with Crippen molar-refractivity contribution < 1.29 is 32.6 Å². The highest BCUT2D eigenvalue weighted by atomic mass is 19.4. The maximum Gasteiger partial charge on any atom is 0.471 e. The van der Waals surface area contributed by atoms with E-state index in [1.54, 1.807) is 30.3 Å². The predicted octanol–water partition coefficient (Wildman–Crippen LogP) is 1.72. The van der Waals surface area contributed by atoms with Crippen LogP contribution in [0, 0.1) is 0 Å². The number of ether oxygens (including phenoxy) is 1. The normalized spacial score (nSPS) is 14.3. The van der Waals surface area contributed by atoms with Crippen molar-refractivity contribution in [2.75, 3.05) is 0 Å². The molecule has 8 heteroatoms. The molecule has 0 aliphatic carbocycles. The Bertz CT molecular complexity index is 490. The Hall–Kier alpha value is -2.09. The van der Waals surface area contributed by atoms with Gasteiger partial charge in [0.25, 0.3) is 0 Å². The molecule has 0 fully saturated rings. The van der Waals surface area contributed by atoms with Crippen LogP contribution in [-0.4, -0.2) is 35.3 Å². The van der Waals surface area contributed by atoms with Crippen molar-refractivity contribution in [1.82, 2.24) is 5.32 Å². The zero-order valence-electron chi connectivity index (χ0n) is 11.1. The van der Waals surface area contributed by atoms with Crippen LogP contribution in [0.25, 0.3) is 0 Å². The second-order valence-corrected chi connectivity index (χ2v) is 4.29. The molecule has 2 N–H and O–H groups in total. The van der Waals surface area contributed by atoms with E-state index in [0.29, 0.717) is 0 Å². The fourth-order valence-electron chi connectivity index (χ4n) is 1.50. The van der Waals surface area contributed by atoms with Gasteiger partial charge in [-0.15, -0.1) is 0 Å². The highest BCUT2D eigenvalue weighted by Gasteiger charge is 2.42. The van der Waals surface area contributed by atoms with Gasteiger partial charge in [0, 0.05) is 0 Å². The monoisotopic (exact) mass is 305 g/mol. The summed E-state index contributed by atoms with van der Waals surface area (Å²) in [6, 6.07) is 6.90. The minimum Gasteiger partial charge on any atom is -0.480 e. The van der Waals surface area contributed by atoms with Crippen LogP contribution in [0.15, 0.2) is 30.3 Å². The van der Waals surface area contributed by atoms with E-state index in [-0.39, 0.29) is 6.61 Å². The number of carboxylic acids is 1. The molecule has 0 aliphatic rings. The molecular weight excluding hydrogens is 291 g/mol. The van der Waals surface area contributed by atoms with Crippen LogP contribution < -0.4 is 5.32 Å². The van der Waals surface area contributed by atoms with E-state index >= 15 is 0 Å². The molecule has 0 unspecified atom stereocenters. The first-order valence-corrected chi connectivity index (χ1v) is 5.98. The molecular formula is C13H14F3NO4. The first kappa shape index (κ1) is 17.0. The summed E-state index contributed by atoms with van der Waals surface area (Å²) < 4.78 is 41.6. The Labute approximate surface area is 118 Å². The van der Waals surface area contributed by atoms with Crippen LogP contribution in [0.2, 0.25) is 0 Å². The Morgan fingerprint density at radius 2 is 1.86 bits per heavy atom. The fourth-order valence-corrected chi connectivity index (χ4v) is 1.50. The van der Waals surface area contributed by atoms with Gasteiger partial charge in [-0.3, -0.25) is 4.79 Å². The number of carbonyl (C=O) groups excluding carboxylic acids is 1. The van der Waals surface area contributed by atoms with Gasteiger partial charge in [0.05, 0.1) is 12.7 Å². The molecule has 116 valence electrons. The largest absolute Gasteiger partial charge is 0.480 e. The molecule has 1 aromatic carbocycles. The third-order valence-electron chi connectivity index (χ3n) is 2.64. The maximum atomic E-state index is 12.1. The van der Waals surface area contributed by atoms with Crippen LogP contribution in [0.1, 0.15) is 12.5 Å². The van der Waals surface area contributed by atoms with E-state index in [0.717, 1.165) is 5.56 Å². The Balaban J connectivity index is 2.64. The molecule has 0 radical (unpaired) electrons. The molecule has 2 atom stereocenters. The van der Waals surface area contributed by atoms with E-state index < -0.39 is 30.2 Å². The van der Waals surface area contributed by atoms with Gasteiger partial charge in [-0.05, 0) is 12.5 Å². The van der Waals surface area contributed by atoms with Crippen LogP contribution in [0.3, 0.4) is 0 Å². The number of carbonyl (C=O) groups is 2. The van der Waals surface area contributed by atoms with Crippen molar-refractivity contribution in [3.05, 3.63) is 35.9 Å². The van der Waals surface area contributed by atoms with E-state index in [4.69, 9.17) is 9.84 Å². The zero-order valence-corrected chi connectivity index (χ0v) is 11.1. The summed E-state index contributed by atoms with van der Waals surface area (Å²) in [5.74, 6) is -3.92. The molecule has 1 aromatic rings. The SMILES string of the molecule is C[C@@H](OCc1ccccc1)[C@H](NC(=O)C(F)(F)F)C(=O)O. The highest BCUT2D eigenvalue weighted by molar-refractivity contribution is 5.87. The van der Waals surface area contributed by atoms with E-state index in [1.165, 1.54) is 12.2 Å². The number of aliphatic carboxylic acids is 1. The number of hydrogen-bond donors (Lipinski definition) is 2. The van der Waals surface area contributed by atoms with Gasteiger partial charge in [-0.2, -0.15) is 13.2 Å². The standard InChI is InChI=1S/C13H14F3NO4/c1-8(21-7-9-5-3-2-4-6-9)10(11(18)19)17-12(20)13(14,15)16/h2-6,8,10H,7H2,1H3,(H,17,20)(H,18,19)/t8-,10+/m1/s1. The minimum atomic E-state index is -5.15. The van der Waals surface area contributed by atoms with Crippen LogP contribution in [0.5, 0.6) is 0 Å². The van der Waals surface area contributed by atoms with Crippen LogP contribution >= 0.6 is 0 Å². The van der Waals surface area contributed by atoms with Crippen LogP contribution in [-0.2, 0) is 20.9 Å². The Morgan fingerprint density at radius 1 is 1.29 bits per heavy atom. The Morgan fingerprint density at radius 3 is 2.33 bits per heavy atom. The van der Waals surface area contributed by atoms with Crippen LogP contribution in [0.4, 0.5) is 13.2 Å². The first-order chi connectivity index (χ1) is 9.71. The quantitative estimate of drug-likeness (QED) is 0.839. The summed E-state index contributed by atoms with van der Waals surface area (Å²) in [5, 5.41) is 10.3. The summed E-state index contributed by atoms with van der Waals surface area (Å²) in [4.78, 5) is 21.8. The molecule has 5 nitrogen and oxygen atoms in total. The van der Waals surface area contributed by atoms with E-state index in [2.05, 4.69) is 0 Å².